The Bertz CT molecular complexity index is 459. The largest absolute Gasteiger partial charge is 0.253 e. The van der Waals surface area contributed by atoms with E-state index in [0.717, 1.165) is 0 Å². The number of pyridine rings is 2. The van der Waals surface area contributed by atoms with Crippen molar-refractivity contribution in [3.05, 3.63) is 47.6 Å². The van der Waals surface area contributed by atoms with Gasteiger partial charge in [0.05, 0.1) is 0 Å². The summed E-state index contributed by atoms with van der Waals surface area (Å²) in [6.07, 6.45) is 3.00. The van der Waals surface area contributed by atoms with E-state index in [0.29, 0.717) is 5.56 Å². The van der Waals surface area contributed by atoms with Gasteiger partial charge in [0.15, 0.2) is 0 Å². The van der Waals surface area contributed by atoms with Crippen LogP contribution >= 0.6 is 11.6 Å². The normalized spacial score (nSPS) is 10.1. The summed E-state index contributed by atoms with van der Waals surface area (Å²) in [6.45, 7) is 0. The van der Waals surface area contributed by atoms with E-state index in [1.54, 1.807) is 6.07 Å². The molecule has 14 heavy (non-hydrogen) atoms. The first kappa shape index (κ1) is 9.09. The van der Waals surface area contributed by atoms with E-state index in [9.17, 15) is 4.39 Å². The predicted molar refractivity (Wildman–Crippen MR) is 51.3 cm³/mol. The van der Waals surface area contributed by atoms with Gasteiger partial charge in [0.2, 0.25) is 0 Å². The molecule has 0 fully saturated rings. The molecule has 0 aromatic carbocycles. The molecule has 1 radical (unpaired) electrons. The van der Waals surface area contributed by atoms with Crippen LogP contribution in [0.15, 0.2) is 30.6 Å². The van der Waals surface area contributed by atoms with Gasteiger partial charge in [-0.2, -0.15) is 0 Å². The van der Waals surface area contributed by atoms with E-state index in [4.69, 9.17) is 11.6 Å². The molecule has 0 amide bonds. The van der Waals surface area contributed by atoms with Gasteiger partial charge in [-0.1, -0.05) is 11.6 Å². The minimum absolute atomic E-state index is 0.201. The summed E-state index contributed by atoms with van der Waals surface area (Å²) in [6, 6.07) is 7.19. The zero-order chi connectivity index (χ0) is 9.97. The predicted octanol–water partition coefficient (Wildman–Crippen LogP) is 2.74. The van der Waals surface area contributed by atoms with Crippen molar-refractivity contribution in [3.63, 3.8) is 0 Å². The third-order valence-electron chi connectivity index (χ3n) is 1.68. The Hall–Kier alpha value is -1.48. The van der Waals surface area contributed by atoms with Crippen molar-refractivity contribution in [2.45, 2.75) is 0 Å². The van der Waals surface area contributed by atoms with Crippen molar-refractivity contribution in [1.82, 2.24) is 9.97 Å². The number of hydrogen-bond acceptors (Lipinski definition) is 2. The third kappa shape index (κ3) is 1.72. The second-order valence-electron chi connectivity index (χ2n) is 2.61. The van der Waals surface area contributed by atoms with E-state index >= 15 is 0 Å². The Balaban J connectivity index is 2.55. The van der Waals surface area contributed by atoms with Gasteiger partial charge in [-0.15, -0.1) is 0 Å². The fraction of sp³-hybridized carbons (Fsp3) is 0. The molecule has 0 atom stereocenters. The standard InChI is InChI=1S/C10H5ClFN2/c11-9-6-7(3-5-13-9)10-8(12)2-1-4-14-10/h1-5H. The van der Waals surface area contributed by atoms with Crippen LogP contribution in [0, 0.1) is 11.9 Å². The molecule has 0 spiro atoms. The number of hydrogen-bond donors (Lipinski definition) is 0. The maximum Gasteiger partial charge on any atom is 0.149 e. The highest BCUT2D eigenvalue weighted by Crippen LogP contribution is 2.20. The lowest BCUT2D eigenvalue weighted by molar-refractivity contribution is 0.625. The molecule has 2 aromatic rings. The van der Waals surface area contributed by atoms with Crippen molar-refractivity contribution < 1.29 is 4.39 Å². The summed E-state index contributed by atoms with van der Waals surface area (Å²) >= 11 is 5.63. The first-order valence-electron chi connectivity index (χ1n) is 3.92. The lowest BCUT2D eigenvalue weighted by atomic mass is 10.2. The van der Waals surface area contributed by atoms with Crippen molar-refractivity contribution >= 4 is 11.6 Å². The molecule has 0 aliphatic carbocycles. The first-order chi connectivity index (χ1) is 6.77. The fourth-order valence-electron chi connectivity index (χ4n) is 1.08. The molecule has 4 heteroatoms. The van der Waals surface area contributed by atoms with Crippen LogP contribution < -0.4 is 0 Å². The van der Waals surface area contributed by atoms with Crippen molar-refractivity contribution in [2.24, 2.45) is 0 Å². The molecule has 2 nitrogen and oxygen atoms in total. The molecular weight excluding hydrogens is 203 g/mol. The molecule has 69 valence electrons. The van der Waals surface area contributed by atoms with E-state index in [-0.39, 0.29) is 10.8 Å². The zero-order valence-corrected chi connectivity index (χ0v) is 7.79. The van der Waals surface area contributed by atoms with Gasteiger partial charge in [-0.05, 0) is 18.2 Å². The molecule has 0 aliphatic rings. The van der Waals surface area contributed by atoms with Crippen molar-refractivity contribution in [2.75, 3.05) is 0 Å². The Morgan fingerprint density at radius 2 is 2.07 bits per heavy atom. The van der Waals surface area contributed by atoms with Crippen LogP contribution in [0.1, 0.15) is 0 Å². The van der Waals surface area contributed by atoms with Gasteiger partial charge >= 0.3 is 0 Å². The summed E-state index contributed by atoms with van der Waals surface area (Å²) in [5, 5.41) is 0.201. The lowest BCUT2D eigenvalue weighted by Gasteiger charge is -2.00. The quantitative estimate of drug-likeness (QED) is 0.672. The van der Waals surface area contributed by atoms with Crippen molar-refractivity contribution in [3.8, 4) is 11.3 Å². The first-order valence-corrected chi connectivity index (χ1v) is 4.30. The second kappa shape index (κ2) is 3.72. The van der Waals surface area contributed by atoms with Crippen molar-refractivity contribution in [1.29, 1.82) is 0 Å². The molecule has 2 rings (SSSR count). The van der Waals surface area contributed by atoms with Crippen LogP contribution in [0.4, 0.5) is 4.39 Å². The Kier molecular flexibility index (Phi) is 2.41. The van der Waals surface area contributed by atoms with E-state index < -0.39 is 5.82 Å². The van der Waals surface area contributed by atoms with Gasteiger partial charge in [0, 0.05) is 24.0 Å². The molecular formula is C10H5ClFN2. The SMILES string of the molecule is Fc1cccnc1-c1[c]c(Cl)ncc1. The summed E-state index contributed by atoms with van der Waals surface area (Å²) in [5.74, 6) is -0.397. The molecule has 0 N–H and O–H groups in total. The topological polar surface area (TPSA) is 25.8 Å². The minimum Gasteiger partial charge on any atom is -0.253 e. The number of halogens is 2. The molecule has 0 saturated carbocycles. The number of aromatic nitrogens is 2. The highest BCUT2D eigenvalue weighted by atomic mass is 35.5. The molecule has 0 bridgehead atoms. The zero-order valence-electron chi connectivity index (χ0n) is 7.04. The van der Waals surface area contributed by atoms with Crippen LogP contribution in [0.2, 0.25) is 5.15 Å². The Morgan fingerprint density at radius 1 is 1.21 bits per heavy atom. The van der Waals surface area contributed by atoms with E-state index in [1.807, 2.05) is 0 Å². The molecule has 2 heterocycles. The van der Waals surface area contributed by atoms with E-state index in [2.05, 4.69) is 16.0 Å². The Labute approximate surface area is 85.4 Å². The average molecular weight is 208 g/mol. The highest BCUT2D eigenvalue weighted by Gasteiger charge is 2.06. The van der Waals surface area contributed by atoms with Gasteiger partial charge in [-0.3, -0.25) is 4.98 Å². The number of rotatable bonds is 1. The molecule has 0 aliphatic heterocycles. The van der Waals surface area contributed by atoms with Gasteiger partial charge < -0.3 is 0 Å². The average Bonchev–Trinajstić information content (AvgIpc) is 2.18. The second-order valence-corrected chi connectivity index (χ2v) is 2.97. The minimum atomic E-state index is -0.397. The van der Waals surface area contributed by atoms with Gasteiger partial charge in [-0.25, -0.2) is 9.37 Å². The smallest absolute Gasteiger partial charge is 0.149 e. The van der Waals surface area contributed by atoms with Gasteiger partial charge in [0.1, 0.15) is 16.7 Å². The van der Waals surface area contributed by atoms with Crippen LogP contribution in [0.5, 0.6) is 0 Å². The molecule has 2 aromatic heterocycles. The Morgan fingerprint density at radius 3 is 2.79 bits per heavy atom. The summed E-state index contributed by atoms with van der Waals surface area (Å²) in [7, 11) is 0. The maximum absolute atomic E-state index is 13.3. The fourth-order valence-corrected chi connectivity index (χ4v) is 1.24. The highest BCUT2D eigenvalue weighted by molar-refractivity contribution is 6.29. The monoisotopic (exact) mass is 207 g/mol. The molecule has 0 saturated heterocycles. The molecule has 0 unspecified atom stereocenters. The lowest BCUT2D eigenvalue weighted by Crippen LogP contribution is -1.88. The van der Waals surface area contributed by atoms with Crippen LogP contribution in [-0.4, -0.2) is 9.97 Å². The summed E-state index contributed by atoms with van der Waals surface area (Å²) < 4.78 is 13.3. The summed E-state index contributed by atoms with van der Waals surface area (Å²) in [4.78, 5) is 7.65. The maximum atomic E-state index is 13.3. The van der Waals surface area contributed by atoms with Crippen LogP contribution in [0.25, 0.3) is 11.3 Å². The third-order valence-corrected chi connectivity index (χ3v) is 1.87. The van der Waals surface area contributed by atoms with Gasteiger partial charge in [0.25, 0.3) is 0 Å². The van der Waals surface area contributed by atoms with E-state index in [1.165, 1.54) is 24.5 Å². The summed E-state index contributed by atoms with van der Waals surface area (Å²) in [5.41, 5.74) is 0.736. The number of nitrogens with zero attached hydrogens (tertiary/aromatic N) is 2. The van der Waals surface area contributed by atoms with Crippen LogP contribution in [-0.2, 0) is 0 Å². The van der Waals surface area contributed by atoms with Crippen LogP contribution in [0.3, 0.4) is 0 Å².